The molecule has 0 bridgehead atoms. The largest absolute Gasteiger partial charge is 0.479 e. The summed E-state index contributed by atoms with van der Waals surface area (Å²) in [4.78, 5) is 1.32. The van der Waals surface area contributed by atoms with Gasteiger partial charge >= 0.3 is 0 Å². The van der Waals surface area contributed by atoms with Crippen LogP contribution in [0.1, 0.15) is 11.3 Å². The first-order valence-electron chi connectivity index (χ1n) is 4.28. The predicted molar refractivity (Wildman–Crippen MR) is 51.0 cm³/mol. The van der Waals surface area contributed by atoms with Gasteiger partial charge in [0.25, 0.3) is 0 Å². The van der Waals surface area contributed by atoms with Gasteiger partial charge in [-0.15, -0.1) is 11.3 Å². The summed E-state index contributed by atoms with van der Waals surface area (Å²) in [7, 11) is 0. The minimum Gasteiger partial charge on any atom is -0.479 e. The van der Waals surface area contributed by atoms with Gasteiger partial charge in [-0.05, 0) is 32.0 Å². The molecule has 1 aliphatic heterocycles. The van der Waals surface area contributed by atoms with E-state index in [2.05, 4.69) is 24.4 Å². The van der Waals surface area contributed by atoms with E-state index in [1.807, 2.05) is 0 Å². The lowest BCUT2D eigenvalue weighted by atomic mass is 10.3. The van der Waals surface area contributed by atoms with Crippen LogP contribution in [0.2, 0.25) is 0 Å². The molecule has 0 aliphatic carbocycles. The first kappa shape index (κ1) is 8.08. The van der Waals surface area contributed by atoms with Gasteiger partial charge in [-0.3, -0.25) is 0 Å². The molecule has 0 amide bonds. The van der Waals surface area contributed by atoms with E-state index in [1.54, 1.807) is 11.3 Å². The Hall–Kier alpha value is -0.540. The lowest BCUT2D eigenvalue weighted by molar-refractivity contribution is 0.230. The van der Waals surface area contributed by atoms with Crippen molar-refractivity contribution in [2.24, 2.45) is 0 Å². The van der Waals surface area contributed by atoms with Crippen LogP contribution in [0.25, 0.3) is 0 Å². The standard InChI is InChI=1S/C9H13NOS/c1-7-2-3-9(12-7)11-8-4-5-10-6-8/h2-3,8,10H,4-6H2,1H3. The Kier molecular flexibility index (Phi) is 2.33. The lowest BCUT2D eigenvalue weighted by Crippen LogP contribution is -2.18. The second-order valence-electron chi connectivity index (χ2n) is 3.10. The molecule has 1 N–H and O–H groups in total. The minimum atomic E-state index is 0.392. The maximum atomic E-state index is 5.75. The van der Waals surface area contributed by atoms with Crippen LogP contribution in [0.5, 0.6) is 5.06 Å². The van der Waals surface area contributed by atoms with Crippen molar-refractivity contribution >= 4 is 11.3 Å². The molecule has 0 spiro atoms. The van der Waals surface area contributed by atoms with Crippen LogP contribution >= 0.6 is 11.3 Å². The monoisotopic (exact) mass is 183 g/mol. The molecule has 3 heteroatoms. The molecule has 1 aromatic rings. The van der Waals surface area contributed by atoms with Crippen LogP contribution in [0.3, 0.4) is 0 Å². The predicted octanol–water partition coefficient (Wildman–Crippen LogP) is 1.80. The molecule has 1 unspecified atom stereocenters. The number of aryl methyl sites for hydroxylation is 1. The Morgan fingerprint density at radius 3 is 3.08 bits per heavy atom. The number of hydrogen-bond acceptors (Lipinski definition) is 3. The van der Waals surface area contributed by atoms with Crippen LogP contribution in [-0.4, -0.2) is 19.2 Å². The molecule has 0 saturated carbocycles. The van der Waals surface area contributed by atoms with Gasteiger partial charge in [-0.1, -0.05) is 0 Å². The quantitative estimate of drug-likeness (QED) is 0.755. The molecule has 66 valence electrons. The van der Waals surface area contributed by atoms with Gasteiger partial charge in [0, 0.05) is 11.4 Å². The molecule has 1 aromatic heterocycles. The smallest absolute Gasteiger partial charge is 0.174 e. The molecule has 1 atom stereocenters. The Morgan fingerprint density at radius 1 is 1.58 bits per heavy atom. The third-order valence-electron chi connectivity index (χ3n) is 2.01. The highest BCUT2D eigenvalue weighted by Gasteiger charge is 2.16. The summed E-state index contributed by atoms with van der Waals surface area (Å²) in [6, 6.07) is 4.15. The topological polar surface area (TPSA) is 21.3 Å². The average molecular weight is 183 g/mol. The molecule has 1 saturated heterocycles. The summed E-state index contributed by atoms with van der Waals surface area (Å²) < 4.78 is 5.75. The molecule has 12 heavy (non-hydrogen) atoms. The second-order valence-corrected chi connectivity index (χ2v) is 4.35. The Morgan fingerprint density at radius 2 is 2.50 bits per heavy atom. The van der Waals surface area contributed by atoms with Crippen LogP contribution in [0.15, 0.2) is 12.1 Å². The van der Waals surface area contributed by atoms with E-state index in [9.17, 15) is 0 Å². The molecule has 2 heterocycles. The van der Waals surface area contributed by atoms with Crippen molar-refractivity contribution in [3.05, 3.63) is 17.0 Å². The molecular formula is C9H13NOS. The van der Waals surface area contributed by atoms with Crippen molar-refractivity contribution in [1.29, 1.82) is 0 Å². The summed E-state index contributed by atoms with van der Waals surface area (Å²) in [5, 5.41) is 4.34. The van der Waals surface area contributed by atoms with E-state index in [0.29, 0.717) is 6.10 Å². The highest BCUT2D eigenvalue weighted by molar-refractivity contribution is 7.13. The summed E-state index contributed by atoms with van der Waals surface area (Å²) in [6.07, 6.45) is 1.53. The van der Waals surface area contributed by atoms with Crippen molar-refractivity contribution in [2.45, 2.75) is 19.4 Å². The van der Waals surface area contributed by atoms with Crippen LogP contribution in [0, 0.1) is 6.92 Å². The zero-order valence-corrected chi connectivity index (χ0v) is 7.99. The van der Waals surface area contributed by atoms with E-state index in [1.165, 1.54) is 4.88 Å². The Labute approximate surface area is 76.6 Å². The van der Waals surface area contributed by atoms with E-state index in [4.69, 9.17) is 4.74 Å². The number of nitrogens with one attached hydrogen (secondary N) is 1. The first-order chi connectivity index (χ1) is 5.84. The molecule has 1 aliphatic rings. The third-order valence-corrected chi connectivity index (χ3v) is 2.91. The highest BCUT2D eigenvalue weighted by atomic mass is 32.1. The molecule has 1 fully saturated rings. The molecule has 2 nitrogen and oxygen atoms in total. The minimum absolute atomic E-state index is 0.392. The SMILES string of the molecule is Cc1ccc(OC2CCNC2)s1. The van der Waals surface area contributed by atoms with Gasteiger partial charge in [0.15, 0.2) is 5.06 Å². The van der Waals surface area contributed by atoms with E-state index in [-0.39, 0.29) is 0 Å². The highest BCUT2D eigenvalue weighted by Crippen LogP contribution is 2.25. The number of hydrogen-bond donors (Lipinski definition) is 1. The van der Waals surface area contributed by atoms with Crippen LogP contribution in [-0.2, 0) is 0 Å². The zero-order chi connectivity index (χ0) is 8.39. The summed E-state index contributed by atoms with van der Waals surface area (Å²) in [6.45, 7) is 4.19. The van der Waals surface area contributed by atoms with Gasteiger partial charge in [0.05, 0.1) is 0 Å². The second kappa shape index (κ2) is 3.46. The molecule has 2 rings (SSSR count). The fraction of sp³-hybridized carbons (Fsp3) is 0.556. The van der Waals surface area contributed by atoms with Gasteiger partial charge in [-0.25, -0.2) is 0 Å². The van der Waals surface area contributed by atoms with E-state index >= 15 is 0 Å². The van der Waals surface area contributed by atoms with Crippen molar-refractivity contribution in [3.8, 4) is 5.06 Å². The first-order valence-corrected chi connectivity index (χ1v) is 5.10. The fourth-order valence-electron chi connectivity index (χ4n) is 1.37. The Balaban J connectivity index is 1.94. The van der Waals surface area contributed by atoms with Crippen molar-refractivity contribution in [3.63, 3.8) is 0 Å². The van der Waals surface area contributed by atoms with Crippen molar-refractivity contribution in [2.75, 3.05) is 13.1 Å². The van der Waals surface area contributed by atoms with Crippen LogP contribution in [0.4, 0.5) is 0 Å². The van der Waals surface area contributed by atoms with E-state index < -0.39 is 0 Å². The maximum Gasteiger partial charge on any atom is 0.174 e. The zero-order valence-electron chi connectivity index (χ0n) is 7.17. The lowest BCUT2D eigenvalue weighted by Gasteiger charge is -2.09. The number of thiophene rings is 1. The van der Waals surface area contributed by atoms with Gasteiger partial charge in [0.1, 0.15) is 6.10 Å². The number of ether oxygens (including phenoxy) is 1. The summed E-state index contributed by atoms with van der Waals surface area (Å²) >= 11 is 1.72. The van der Waals surface area contributed by atoms with Gasteiger partial charge < -0.3 is 10.1 Å². The molecule has 0 radical (unpaired) electrons. The van der Waals surface area contributed by atoms with Crippen molar-refractivity contribution in [1.82, 2.24) is 5.32 Å². The maximum absolute atomic E-state index is 5.75. The summed E-state index contributed by atoms with van der Waals surface area (Å²) in [5.74, 6) is 0. The Bertz CT molecular complexity index is 253. The fourth-order valence-corrected chi connectivity index (χ4v) is 2.14. The van der Waals surface area contributed by atoms with Gasteiger partial charge in [-0.2, -0.15) is 0 Å². The molecular weight excluding hydrogens is 170 g/mol. The van der Waals surface area contributed by atoms with E-state index in [0.717, 1.165) is 24.6 Å². The average Bonchev–Trinajstić information content (AvgIpc) is 2.63. The normalized spacial score (nSPS) is 22.9. The van der Waals surface area contributed by atoms with Crippen LogP contribution < -0.4 is 10.1 Å². The van der Waals surface area contributed by atoms with Crippen molar-refractivity contribution < 1.29 is 4.74 Å². The number of rotatable bonds is 2. The van der Waals surface area contributed by atoms with Gasteiger partial charge in [0.2, 0.25) is 0 Å². The summed E-state index contributed by atoms with van der Waals surface area (Å²) in [5.41, 5.74) is 0. The molecule has 0 aromatic carbocycles. The third kappa shape index (κ3) is 1.79.